The van der Waals surface area contributed by atoms with Gasteiger partial charge in [0, 0.05) is 22.5 Å². The molecule has 1 aromatic heterocycles. The molecular weight excluding hydrogens is 389 g/mol. The van der Waals surface area contributed by atoms with Gasteiger partial charge in [-0.25, -0.2) is 0 Å². The predicted molar refractivity (Wildman–Crippen MR) is 102 cm³/mol. The average molecular weight is 410 g/mol. The van der Waals surface area contributed by atoms with E-state index in [2.05, 4.69) is 16.7 Å². The molecule has 0 aliphatic heterocycles. The number of carbonyl (C=O) groups is 2. The van der Waals surface area contributed by atoms with E-state index in [1.54, 1.807) is 11.3 Å². The quantitative estimate of drug-likeness (QED) is 0.717. The van der Waals surface area contributed by atoms with Crippen LogP contribution in [-0.2, 0) is 21.2 Å². The van der Waals surface area contributed by atoms with Gasteiger partial charge in [-0.2, -0.15) is 13.2 Å². The zero-order valence-electron chi connectivity index (χ0n) is 15.1. The van der Waals surface area contributed by atoms with Crippen molar-refractivity contribution in [1.29, 1.82) is 0 Å². The van der Waals surface area contributed by atoms with E-state index in [1.165, 1.54) is 4.88 Å². The molecule has 4 nitrogen and oxygen atoms in total. The lowest BCUT2D eigenvalue weighted by Gasteiger charge is -2.36. The maximum atomic E-state index is 12.6. The van der Waals surface area contributed by atoms with Crippen LogP contribution in [0, 0.1) is 0 Å². The molecule has 2 N–H and O–H groups in total. The van der Waals surface area contributed by atoms with E-state index in [0.29, 0.717) is 6.54 Å². The van der Waals surface area contributed by atoms with Crippen molar-refractivity contribution in [2.75, 3.05) is 11.9 Å². The van der Waals surface area contributed by atoms with Gasteiger partial charge in [0.1, 0.15) is 0 Å². The van der Waals surface area contributed by atoms with E-state index in [4.69, 9.17) is 0 Å². The normalized spacial score (nSPS) is 16.4. The highest BCUT2D eigenvalue weighted by molar-refractivity contribution is 7.10. The number of hydrogen-bond acceptors (Lipinski definition) is 3. The number of benzene rings is 1. The van der Waals surface area contributed by atoms with Crippen molar-refractivity contribution in [1.82, 2.24) is 5.32 Å². The molecule has 2 aromatic rings. The first-order valence-corrected chi connectivity index (χ1v) is 9.99. The molecular formula is C20H21F3N2O2S. The Bertz CT molecular complexity index is 811. The van der Waals surface area contributed by atoms with Crippen LogP contribution in [0.15, 0.2) is 41.8 Å². The van der Waals surface area contributed by atoms with Gasteiger partial charge in [0.25, 0.3) is 0 Å². The van der Waals surface area contributed by atoms with Gasteiger partial charge in [-0.1, -0.05) is 25.3 Å². The summed E-state index contributed by atoms with van der Waals surface area (Å²) in [5.41, 5.74) is -0.833. The lowest BCUT2D eigenvalue weighted by Crippen LogP contribution is -2.45. The summed E-state index contributed by atoms with van der Waals surface area (Å²) in [6.45, 7) is 0.368. The molecule has 1 aromatic carbocycles. The maximum absolute atomic E-state index is 12.6. The van der Waals surface area contributed by atoms with Gasteiger partial charge in [0.05, 0.1) is 5.56 Å². The first kappa shape index (κ1) is 20.4. The summed E-state index contributed by atoms with van der Waals surface area (Å²) in [5, 5.41) is 7.06. The van der Waals surface area contributed by atoms with Crippen LogP contribution in [0.5, 0.6) is 0 Å². The van der Waals surface area contributed by atoms with E-state index in [0.717, 1.165) is 56.4 Å². The molecule has 0 bridgehead atoms. The fourth-order valence-electron chi connectivity index (χ4n) is 3.58. The van der Waals surface area contributed by atoms with Crippen LogP contribution in [-0.4, -0.2) is 18.4 Å². The Labute approximate surface area is 165 Å². The molecule has 2 amide bonds. The Balaban J connectivity index is 1.60. The van der Waals surface area contributed by atoms with Crippen molar-refractivity contribution in [3.63, 3.8) is 0 Å². The smallest absolute Gasteiger partial charge is 0.347 e. The molecule has 1 saturated carbocycles. The number of nitrogens with one attached hydrogen (secondary N) is 2. The number of alkyl halides is 3. The second-order valence-electron chi connectivity index (χ2n) is 7.03. The lowest BCUT2D eigenvalue weighted by molar-refractivity contribution is -0.137. The first-order valence-electron chi connectivity index (χ1n) is 9.11. The largest absolute Gasteiger partial charge is 0.416 e. The zero-order valence-corrected chi connectivity index (χ0v) is 16.0. The summed E-state index contributed by atoms with van der Waals surface area (Å²) in [7, 11) is 0. The average Bonchev–Trinajstić information content (AvgIpc) is 3.22. The van der Waals surface area contributed by atoms with Crippen LogP contribution >= 0.6 is 11.3 Å². The van der Waals surface area contributed by atoms with Gasteiger partial charge in [0.15, 0.2) is 0 Å². The second kappa shape index (κ2) is 8.34. The van der Waals surface area contributed by atoms with E-state index in [-0.39, 0.29) is 11.1 Å². The molecule has 0 unspecified atom stereocenters. The zero-order chi connectivity index (χ0) is 20.2. The van der Waals surface area contributed by atoms with Crippen molar-refractivity contribution in [2.45, 2.75) is 43.7 Å². The van der Waals surface area contributed by atoms with E-state index in [9.17, 15) is 22.8 Å². The van der Waals surface area contributed by atoms with Crippen molar-refractivity contribution < 1.29 is 22.8 Å². The summed E-state index contributed by atoms with van der Waals surface area (Å²) in [6.07, 6.45) is 0.769. The third-order valence-electron chi connectivity index (χ3n) is 5.12. The van der Waals surface area contributed by atoms with Gasteiger partial charge in [0.2, 0.25) is 0 Å². The summed E-state index contributed by atoms with van der Waals surface area (Å²) >= 11 is 1.65. The topological polar surface area (TPSA) is 58.2 Å². The van der Waals surface area contributed by atoms with Crippen molar-refractivity contribution in [3.8, 4) is 0 Å². The Kier molecular flexibility index (Phi) is 6.07. The fourth-order valence-corrected chi connectivity index (χ4v) is 4.57. The number of hydrogen-bond donors (Lipinski definition) is 2. The minimum Gasteiger partial charge on any atom is -0.347 e. The number of halogens is 3. The summed E-state index contributed by atoms with van der Waals surface area (Å²) in [5.74, 6) is -1.68. The first-order chi connectivity index (χ1) is 13.3. The molecule has 1 aliphatic rings. The Morgan fingerprint density at radius 3 is 2.25 bits per heavy atom. The highest BCUT2D eigenvalue weighted by atomic mass is 32.1. The minimum absolute atomic E-state index is 0.138. The molecule has 150 valence electrons. The van der Waals surface area contributed by atoms with E-state index in [1.807, 2.05) is 11.4 Å². The van der Waals surface area contributed by atoms with Gasteiger partial charge in [-0.15, -0.1) is 11.3 Å². The minimum atomic E-state index is -4.45. The highest BCUT2D eigenvalue weighted by Gasteiger charge is 2.35. The third-order valence-corrected chi connectivity index (χ3v) is 6.23. The Hall–Kier alpha value is -2.35. The van der Waals surface area contributed by atoms with Gasteiger partial charge >= 0.3 is 18.0 Å². The standard InChI is InChI=1S/C20H21F3N2O2S/c21-20(22,23)14-6-8-15(9-7-14)25-18(27)17(26)24-13-19(10-2-1-3-11-19)16-5-4-12-28-16/h4-9,12H,1-3,10-11,13H2,(H,24,26)(H,25,27). The van der Waals surface area contributed by atoms with Crippen LogP contribution in [0.1, 0.15) is 42.5 Å². The molecule has 3 rings (SSSR count). The van der Waals surface area contributed by atoms with Crippen LogP contribution in [0.4, 0.5) is 18.9 Å². The number of carbonyl (C=O) groups excluding carboxylic acids is 2. The van der Waals surface area contributed by atoms with Crippen LogP contribution in [0.2, 0.25) is 0 Å². The molecule has 1 heterocycles. The highest BCUT2D eigenvalue weighted by Crippen LogP contribution is 2.41. The molecule has 0 saturated heterocycles. The van der Waals surface area contributed by atoms with Crippen molar-refractivity contribution in [3.05, 3.63) is 52.2 Å². The molecule has 0 radical (unpaired) electrons. The SMILES string of the molecule is O=C(NCC1(c2cccs2)CCCCC1)C(=O)Nc1ccc(C(F)(F)F)cc1. The van der Waals surface area contributed by atoms with Gasteiger partial charge in [-0.3, -0.25) is 9.59 Å². The summed E-state index contributed by atoms with van der Waals surface area (Å²) in [4.78, 5) is 25.5. The fraction of sp³-hybridized carbons (Fsp3) is 0.400. The summed E-state index contributed by atoms with van der Waals surface area (Å²) in [6, 6.07) is 8.02. The molecule has 0 spiro atoms. The van der Waals surface area contributed by atoms with Crippen LogP contribution in [0.25, 0.3) is 0 Å². The third kappa shape index (κ3) is 4.73. The second-order valence-corrected chi connectivity index (χ2v) is 7.98. The lowest BCUT2D eigenvalue weighted by atomic mass is 9.73. The Morgan fingerprint density at radius 1 is 1.00 bits per heavy atom. The van der Waals surface area contributed by atoms with Crippen LogP contribution in [0.3, 0.4) is 0 Å². The maximum Gasteiger partial charge on any atom is 0.416 e. The molecule has 1 aliphatic carbocycles. The molecule has 0 atom stereocenters. The van der Waals surface area contributed by atoms with Crippen LogP contribution < -0.4 is 10.6 Å². The van der Waals surface area contributed by atoms with Crippen molar-refractivity contribution >= 4 is 28.8 Å². The predicted octanol–water partition coefficient (Wildman–Crippen LogP) is 4.72. The van der Waals surface area contributed by atoms with E-state index >= 15 is 0 Å². The number of anilines is 1. The van der Waals surface area contributed by atoms with E-state index < -0.39 is 23.6 Å². The summed E-state index contributed by atoms with van der Waals surface area (Å²) < 4.78 is 37.8. The number of rotatable bonds is 4. The van der Waals surface area contributed by atoms with Gasteiger partial charge < -0.3 is 10.6 Å². The molecule has 1 fully saturated rings. The Morgan fingerprint density at radius 2 is 1.68 bits per heavy atom. The molecule has 28 heavy (non-hydrogen) atoms. The monoisotopic (exact) mass is 410 g/mol. The number of amides is 2. The van der Waals surface area contributed by atoms with Crippen molar-refractivity contribution in [2.24, 2.45) is 0 Å². The van der Waals surface area contributed by atoms with Gasteiger partial charge in [-0.05, 0) is 48.6 Å². The molecule has 8 heteroatoms. The number of thiophene rings is 1.